The van der Waals surface area contributed by atoms with Crippen LogP contribution in [0, 0.1) is 18.3 Å². The number of aryl methyl sites for hydroxylation is 1. The van der Waals surface area contributed by atoms with Gasteiger partial charge in [-0.3, -0.25) is 0 Å². The highest BCUT2D eigenvalue weighted by atomic mass is 79.9. The molecule has 2 nitrogen and oxygen atoms in total. The lowest BCUT2D eigenvalue weighted by molar-refractivity contribution is 1.16. The van der Waals surface area contributed by atoms with Gasteiger partial charge in [-0.05, 0) is 40.5 Å². The fraction of sp³-hybridized carbons (Fsp3) is 0.100. The highest BCUT2D eigenvalue weighted by Crippen LogP contribution is 2.21. The summed E-state index contributed by atoms with van der Waals surface area (Å²) < 4.78 is 3.02. The summed E-state index contributed by atoms with van der Waals surface area (Å²) in [6.45, 7) is 1.94. The molecule has 2 rings (SSSR count). The van der Waals surface area contributed by atoms with E-state index in [-0.39, 0.29) is 0 Å². The van der Waals surface area contributed by atoms with Gasteiger partial charge in [0.15, 0.2) is 0 Å². The van der Waals surface area contributed by atoms with E-state index < -0.39 is 0 Å². The van der Waals surface area contributed by atoms with E-state index in [9.17, 15) is 0 Å². The Kier molecular flexibility index (Phi) is 1.86. The summed E-state index contributed by atoms with van der Waals surface area (Å²) in [6, 6.07) is 6.03. The second kappa shape index (κ2) is 2.90. The molecule has 0 aliphatic rings. The van der Waals surface area contributed by atoms with Crippen LogP contribution in [0.25, 0.3) is 5.52 Å². The number of hydrogen-bond donors (Lipinski definition) is 0. The summed E-state index contributed by atoms with van der Waals surface area (Å²) in [5, 5.41) is 8.83. The minimum Gasteiger partial charge on any atom is -0.322 e. The first-order valence-corrected chi connectivity index (χ1v) is 4.68. The average Bonchev–Trinajstić information content (AvgIpc) is 2.46. The number of pyridine rings is 1. The fourth-order valence-electron chi connectivity index (χ4n) is 1.34. The molecule has 0 unspecified atom stereocenters. The highest BCUT2D eigenvalue weighted by molar-refractivity contribution is 9.10. The van der Waals surface area contributed by atoms with Crippen molar-refractivity contribution in [2.24, 2.45) is 0 Å². The summed E-state index contributed by atoms with van der Waals surface area (Å²) in [6.07, 6.45) is 3.92. The van der Waals surface area contributed by atoms with E-state index in [1.54, 1.807) is 0 Å². The van der Waals surface area contributed by atoms with E-state index in [2.05, 4.69) is 22.0 Å². The molecule has 0 atom stereocenters. The third kappa shape index (κ3) is 1.24. The van der Waals surface area contributed by atoms with Crippen LogP contribution in [0.3, 0.4) is 0 Å². The number of rotatable bonds is 0. The van der Waals surface area contributed by atoms with Crippen LogP contribution in [-0.2, 0) is 0 Å². The lowest BCUT2D eigenvalue weighted by Crippen LogP contribution is -1.88. The summed E-state index contributed by atoms with van der Waals surface area (Å²) in [5.74, 6) is 0. The van der Waals surface area contributed by atoms with Gasteiger partial charge in [-0.2, -0.15) is 5.26 Å². The third-order valence-corrected chi connectivity index (χ3v) is 2.73. The van der Waals surface area contributed by atoms with E-state index in [0.29, 0.717) is 0 Å². The first-order chi connectivity index (χ1) is 6.22. The Balaban J connectivity index is 2.86. The first-order valence-electron chi connectivity index (χ1n) is 3.89. The van der Waals surface area contributed by atoms with Gasteiger partial charge >= 0.3 is 0 Å². The third-order valence-electron chi connectivity index (χ3n) is 2.06. The van der Waals surface area contributed by atoms with Crippen LogP contribution in [0.4, 0.5) is 0 Å². The maximum atomic E-state index is 8.83. The molecular formula is C10H7BrN2. The first kappa shape index (κ1) is 8.33. The topological polar surface area (TPSA) is 28.2 Å². The second-order valence-electron chi connectivity index (χ2n) is 2.94. The van der Waals surface area contributed by atoms with Crippen molar-refractivity contribution in [3.8, 4) is 6.07 Å². The van der Waals surface area contributed by atoms with Gasteiger partial charge in [0.1, 0.15) is 0 Å². The molecule has 3 heteroatoms. The summed E-state index contributed by atoms with van der Waals surface area (Å²) in [7, 11) is 0. The summed E-state index contributed by atoms with van der Waals surface area (Å²) in [4.78, 5) is 0. The van der Waals surface area contributed by atoms with Gasteiger partial charge in [-0.1, -0.05) is 0 Å². The van der Waals surface area contributed by atoms with Gasteiger partial charge in [-0.15, -0.1) is 0 Å². The second-order valence-corrected chi connectivity index (χ2v) is 3.79. The minimum absolute atomic E-state index is 0.729. The Morgan fingerprint density at radius 3 is 3.00 bits per heavy atom. The quantitative estimate of drug-likeness (QED) is 0.689. The predicted molar refractivity (Wildman–Crippen MR) is 54.5 cm³/mol. The number of nitrogens with zero attached hydrogens (tertiary/aromatic N) is 2. The van der Waals surface area contributed by atoms with E-state index in [1.807, 2.05) is 35.9 Å². The van der Waals surface area contributed by atoms with E-state index in [1.165, 1.54) is 0 Å². The van der Waals surface area contributed by atoms with Crippen molar-refractivity contribution in [3.63, 3.8) is 0 Å². The van der Waals surface area contributed by atoms with Crippen molar-refractivity contribution in [2.45, 2.75) is 6.92 Å². The lowest BCUT2D eigenvalue weighted by Gasteiger charge is -2.00. The molecule has 0 aromatic carbocycles. The van der Waals surface area contributed by atoms with Crippen LogP contribution >= 0.6 is 15.9 Å². The van der Waals surface area contributed by atoms with Crippen molar-refractivity contribution in [1.29, 1.82) is 5.26 Å². The molecule has 0 aliphatic heterocycles. The Morgan fingerprint density at radius 2 is 2.31 bits per heavy atom. The standard InChI is InChI=1S/C10H7BrN2/c1-7-6-13-3-2-9(11)10(13)4-8(7)5-12/h2-4,6H,1H3. The molecule has 2 aromatic rings. The van der Waals surface area contributed by atoms with Crippen LogP contribution in [-0.4, -0.2) is 4.40 Å². The van der Waals surface area contributed by atoms with Crippen molar-refractivity contribution in [1.82, 2.24) is 4.40 Å². The molecule has 0 amide bonds. The van der Waals surface area contributed by atoms with Gasteiger partial charge in [0.2, 0.25) is 0 Å². The number of halogens is 1. The zero-order valence-corrected chi connectivity index (χ0v) is 8.67. The van der Waals surface area contributed by atoms with Crippen LogP contribution in [0.2, 0.25) is 0 Å². The molecule has 0 saturated carbocycles. The lowest BCUT2D eigenvalue weighted by atomic mass is 10.2. The Bertz CT molecular complexity index is 505. The Hall–Kier alpha value is -1.27. The molecule has 0 spiro atoms. The van der Waals surface area contributed by atoms with Gasteiger partial charge in [0, 0.05) is 16.9 Å². The molecule has 0 bridgehead atoms. The molecule has 13 heavy (non-hydrogen) atoms. The maximum Gasteiger partial charge on any atom is 0.0995 e. The van der Waals surface area contributed by atoms with Gasteiger partial charge < -0.3 is 4.40 Å². The van der Waals surface area contributed by atoms with Crippen LogP contribution in [0.1, 0.15) is 11.1 Å². The van der Waals surface area contributed by atoms with E-state index >= 15 is 0 Å². The highest BCUT2D eigenvalue weighted by Gasteiger charge is 2.03. The van der Waals surface area contributed by atoms with Crippen molar-refractivity contribution in [2.75, 3.05) is 0 Å². The SMILES string of the molecule is Cc1cn2ccc(Br)c2cc1C#N. The number of hydrogen-bond acceptors (Lipinski definition) is 1. The molecule has 0 radical (unpaired) electrons. The van der Waals surface area contributed by atoms with Crippen LogP contribution in [0.15, 0.2) is 29.0 Å². The molecule has 2 heterocycles. The molecule has 0 N–H and O–H groups in total. The Labute approximate surface area is 84.5 Å². The monoisotopic (exact) mass is 234 g/mol. The van der Waals surface area contributed by atoms with Gasteiger partial charge in [-0.25, -0.2) is 0 Å². The van der Waals surface area contributed by atoms with Gasteiger partial charge in [0.05, 0.1) is 17.1 Å². The summed E-state index contributed by atoms with van der Waals surface area (Å²) in [5.41, 5.74) is 2.76. The number of aromatic nitrogens is 1. The van der Waals surface area contributed by atoms with E-state index in [0.717, 1.165) is 21.1 Å². The Morgan fingerprint density at radius 1 is 1.54 bits per heavy atom. The normalized spacial score (nSPS) is 10.2. The molecule has 64 valence electrons. The number of fused-ring (bicyclic) bond motifs is 1. The summed E-state index contributed by atoms with van der Waals surface area (Å²) >= 11 is 3.42. The zero-order valence-electron chi connectivity index (χ0n) is 7.08. The minimum atomic E-state index is 0.729. The number of nitriles is 1. The molecular weight excluding hydrogens is 228 g/mol. The fourth-order valence-corrected chi connectivity index (χ4v) is 1.78. The van der Waals surface area contributed by atoms with Crippen molar-refractivity contribution in [3.05, 3.63) is 40.1 Å². The van der Waals surface area contributed by atoms with Crippen LogP contribution in [0.5, 0.6) is 0 Å². The van der Waals surface area contributed by atoms with Crippen molar-refractivity contribution < 1.29 is 0 Å². The van der Waals surface area contributed by atoms with Crippen LogP contribution < -0.4 is 0 Å². The maximum absolute atomic E-state index is 8.83. The largest absolute Gasteiger partial charge is 0.322 e. The average molecular weight is 235 g/mol. The zero-order chi connectivity index (χ0) is 9.42. The molecule has 0 aliphatic carbocycles. The van der Waals surface area contributed by atoms with Crippen molar-refractivity contribution >= 4 is 21.4 Å². The van der Waals surface area contributed by atoms with Gasteiger partial charge in [0.25, 0.3) is 0 Å². The molecule has 2 aromatic heterocycles. The molecule has 0 fully saturated rings. The predicted octanol–water partition coefficient (Wildman–Crippen LogP) is 2.88. The molecule has 0 saturated heterocycles. The smallest absolute Gasteiger partial charge is 0.0995 e. The van der Waals surface area contributed by atoms with E-state index in [4.69, 9.17) is 5.26 Å².